The lowest BCUT2D eigenvalue weighted by Crippen LogP contribution is -2.47. The summed E-state index contributed by atoms with van der Waals surface area (Å²) in [6.07, 6.45) is 2.33. The molecule has 0 saturated carbocycles. The van der Waals surface area contributed by atoms with Crippen molar-refractivity contribution in [2.75, 3.05) is 39.4 Å². The monoisotopic (exact) mass is 431 g/mol. The van der Waals surface area contributed by atoms with Gasteiger partial charge in [0.2, 0.25) is 5.91 Å². The van der Waals surface area contributed by atoms with Crippen LogP contribution >= 0.6 is 0 Å². The first-order valence-corrected chi connectivity index (χ1v) is 12.1. The normalized spacial score (nSPS) is 22.4. The van der Waals surface area contributed by atoms with E-state index in [1.165, 1.54) is 5.56 Å². The van der Waals surface area contributed by atoms with E-state index in [0.717, 1.165) is 6.42 Å². The van der Waals surface area contributed by atoms with Gasteiger partial charge in [-0.05, 0) is 37.3 Å². The second kappa shape index (κ2) is 8.51. The fraction of sp³-hybridized carbons (Fsp3) is 0.545. The standard InChI is InChI=1S/C22H29N3O4S/c1-3-17-4-6-18(7-5-17)20-16(2)21(23-30(20,27)28)24-10-8-19(9-11-24)22(26)25-12-14-29-15-13-25/h4-7,19H,3,8-15H2,1-2H3. The van der Waals surface area contributed by atoms with Crippen molar-refractivity contribution >= 4 is 26.7 Å². The van der Waals surface area contributed by atoms with Gasteiger partial charge in [0.15, 0.2) is 0 Å². The number of carbonyl (C=O) groups excluding carboxylic acids is 1. The molecule has 0 aliphatic carbocycles. The second-order valence-corrected chi connectivity index (χ2v) is 9.63. The Bertz CT molecular complexity index is 968. The highest BCUT2D eigenvalue weighted by molar-refractivity contribution is 8.00. The second-order valence-electron chi connectivity index (χ2n) is 8.09. The van der Waals surface area contributed by atoms with E-state index in [2.05, 4.69) is 11.3 Å². The van der Waals surface area contributed by atoms with Crippen LogP contribution in [-0.4, -0.2) is 69.4 Å². The van der Waals surface area contributed by atoms with Crippen LogP contribution in [0.4, 0.5) is 0 Å². The Morgan fingerprint density at radius 1 is 1.10 bits per heavy atom. The highest BCUT2D eigenvalue weighted by Crippen LogP contribution is 2.35. The predicted molar refractivity (Wildman–Crippen MR) is 116 cm³/mol. The van der Waals surface area contributed by atoms with Crippen LogP contribution in [0.1, 0.15) is 37.8 Å². The van der Waals surface area contributed by atoms with E-state index in [1.807, 2.05) is 41.0 Å². The van der Waals surface area contributed by atoms with Gasteiger partial charge in [0.05, 0.1) is 13.2 Å². The van der Waals surface area contributed by atoms with Crippen molar-refractivity contribution in [3.05, 3.63) is 41.0 Å². The highest BCUT2D eigenvalue weighted by Gasteiger charge is 2.36. The summed E-state index contributed by atoms with van der Waals surface area (Å²) in [6.45, 7) is 7.69. The lowest BCUT2D eigenvalue weighted by Gasteiger charge is -2.36. The van der Waals surface area contributed by atoms with Gasteiger partial charge in [0.25, 0.3) is 10.0 Å². The number of morpholine rings is 1. The van der Waals surface area contributed by atoms with Crippen molar-refractivity contribution in [2.45, 2.75) is 33.1 Å². The van der Waals surface area contributed by atoms with Gasteiger partial charge in [-0.1, -0.05) is 31.2 Å². The number of amidine groups is 1. The highest BCUT2D eigenvalue weighted by atomic mass is 32.2. The van der Waals surface area contributed by atoms with Crippen LogP contribution in [0.25, 0.3) is 4.91 Å². The number of benzene rings is 1. The zero-order valence-electron chi connectivity index (χ0n) is 17.6. The molecular formula is C22H29N3O4S. The number of ether oxygens (including phenoxy) is 1. The summed E-state index contributed by atoms with van der Waals surface area (Å²) in [5, 5.41) is 0. The Labute approximate surface area is 178 Å². The Hall–Kier alpha value is -2.19. The first kappa shape index (κ1) is 21.1. The van der Waals surface area contributed by atoms with Gasteiger partial charge < -0.3 is 14.5 Å². The van der Waals surface area contributed by atoms with Crippen LogP contribution in [0.2, 0.25) is 0 Å². The van der Waals surface area contributed by atoms with Gasteiger partial charge in [0, 0.05) is 37.7 Å². The van der Waals surface area contributed by atoms with Crippen LogP contribution in [0.3, 0.4) is 0 Å². The summed E-state index contributed by atoms with van der Waals surface area (Å²) in [7, 11) is -3.72. The summed E-state index contributed by atoms with van der Waals surface area (Å²) in [5.41, 5.74) is 2.54. The SMILES string of the molecule is CCc1ccc(C2=C(C)C(N3CCC(C(=O)N4CCOCC4)CC3)=NS2(=O)=O)cc1. The molecule has 3 aliphatic rings. The molecule has 0 N–H and O–H groups in total. The van der Waals surface area contributed by atoms with Crippen molar-refractivity contribution in [1.82, 2.24) is 9.80 Å². The number of rotatable bonds is 3. The van der Waals surface area contributed by atoms with Crippen molar-refractivity contribution < 1.29 is 17.9 Å². The Balaban J connectivity index is 1.48. The molecule has 2 fully saturated rings. The number of hydrogen-bond acceptors (Lipinski definition) is 5. The van der Waals surface area contributed by atoms with Gasteiger partial charge in [-0.2, -0.15) is 8.42 Å². The fourth-order valence-corrected chi connectivity index (χ4v) is 5.94. The van der Waals surface area contributed by atoms with Gasteiger partial charge >= 0.3 is 0 Å². The Morgan fingerprint density at radius 3 is 2.33 bits per heavy atom. The third-order valence-electron chi connectivity index (χ3n) is 6.23. The van der Waals surface area contributed by atoms with Crippen molar-refractivity contribution in [3.63, 3.8) is 0 Å². The van der Waals surface area contributed by atoms with Crippen molar-refractivity contribution in [2.24, 2.45) is 10.3 Å². The van der Waals surface area contributed by atoms with E-state index in [1.54, 1.807) is 0 Å². The summed E-state index contributed by atoms with van der Waals surface area (Å²) in [6, 6.07) is 7.65. The molecular weight excluding hydrogens is 402 g/mol. The van der Waals surface area contributed by atoms with Gasteiger partial charge in [-0.3, -0.25) is 4.79 Å². The molecule has 1 aromatic carbocycles. The van der Waals surface area contributed by atoms with Crippen molar-refractivity contribution in [1.29, 1.82) is 0 Å². The number of amides is 1. The molecule has 0 bridgehead atoms. The topological polar surface area (TPSA) is 79.3 Å². The van der Waals surface area contributed by atoms with Gasteiger partial charge in [-0.25, -0.2) is 0 Å². The summed E-state index contributed by atoms with van der Waals surface area (Å²) in [4.78, 5) is 17.0. The first-order chi connectivity index (χ1) is 14.4. The van der Waals surface area contributed by atoms with Crippen molar-refractivity contribution in [3.8, 4) is 0 Å². The minimum absolute atomic E-state index is 0.0108. The minimum Gasteiger partial charge on any atom is -0.378 e. The number of sulfonamides is 1. The van der Waals surface area contributed by atoms with E-state index in [4.69, 9.17) is 4.74 Å². The van der Waals surface area contributed by atoms with E-state index < -0.39 is 10.0 Å². The maximum absolute atomic E-state index is 12.8. The summed E-state index contributed by atoms with van der Waals surface area (Å²) in [5.74, 6) is 0.716. The summed E-state index contributed by atoms with van der Waals surface area (Å²) >= 11 is 0. The molecule has 0 unspecified atom stereocenters. The number of nitrogens with zero attached hydrogens (tertiary/aromatic N) is 3. The quantitative estimate of drug-likeness (QED) is 0.734. The molecule has 30 heavy (non-hydrogen) atoms. The molecule has 0 radical (unpaired) electrons. The lowest BCUT2D eigenvalue weighted by molar-refractivity contribution is -0.140. The van der Waals surface area contributed by atoms with Crippen LogP contribution in [0.15, 0.2) is 34.2 Å². The molecule has 0 atom stereocenters. The average molecular weight is 432 g/mol. The van der Waals surface area contributed by atoms with Gasteiger partial charge in [0.1, 0.15) is 10.7 Å². The number of hydrogen-bond donors (Lipinski definition) is 0. The first-order valence-electron chi connectivity index (χ1n) is 10.7. The Morgan fingerprint density at radius 2 is 1.73 bits per heavy atom. The van der Waals surface area contributed by atoms with E-state index in [9.17, 15) is 13.2 Å². The minimum atomic E-state index is -3.72. The maximum Gasteiger partial charge on any atom is 0.285 e. The molecule has 1 aromatic rings. The van der Waals surface area contributed by atoms with E-state index >= 15 is 0 Å². The molecule has 3 heterocycles. The zero-order valence-corrected chi connectivity index (χ0v) is 18.5. The molecule has 2 saturated heterocycles. The average Bonchev–Trinajstić information content (AvgIpc) is 3.02. The number of likely N-dealkylation sites (tertiary alicyclic amines) is 1. The lowest BCUT2D eigenvalue weighted by atomic mass is 9.94. The number of piperidine rings is 1. The van der Waals surface area contributed by atoms with Crippen LogP contribution in [0.5, 0.6) is 0 Å². The third-order valence-corrected chi connectivity index (χ3v) is 7.70. The molecule has 162 valence electrons. The number of carbonyl (C=O) groups is 1. The molecule has 8 heteroatoms. The maximum atomic E-state index is 12.8. The summed E-state index contributed by atoms with van der Waals surface area (Å²) < 4.78 is 35.1. The largest absolute Gasteiger partial charge is 0.378 e. The van der Waals surface area contributed by atoms with Crippen LogP contribution in [0, 0.1) is 5.92 Å². The zero-order chi connectivity index (χ0) is 21.3. The molecule has 1 amide bonds. The van der Waals surface area contributed by atoms with E-state index in [0.29, 0.717) is 74.1 Å². The molecule has 7 nitrogen and oxygen atoms in total. The molecule has 3 aliphatic heterocycles. The number of aryl methyl sites for hydroxylation is 1. The fourth-order valence-electron chi connectivity index (χ4n) is 4.46. The Kier molecular flexibility index (Phi) is 5.97. The predicted octanol–water partition coefficient (Wildman–Crippen LogP) is 2.29. The van der Waals surface area contributed by atoms with E-state index in [-0.39, 0.29) is 11.8 Å². The molecule has 4 rings (SSSR count). The molecule has 0 spiro atoms. The molecule has 0 aromatic heterocycles. The van der Waals surface area contributed by atoms with Crippen LogP contribution < -0.4 is 0 Å². The van der Waals surface area contributed by atoms with Crippen LogP contribution in [-0.2, 0) is 26.0 Å². The smallest absolute Gasteiger partial charge is 0.285 e. The third kappa shape index (κ3) is 4.03. The van der Waals surface area contributed by atoms with Gasteiger partial charge in [-0.15, -0.1) is 4.40 Å².